The number of rotatable bonds is 7. The van der Waals surface area contributed by atoms with Crippen LogP contribution in [0.2, 0.25) is 5.02 Å². The van der Waals surface area contributed by atoms with Crippen LogP contribution in [-0.4, -0.2) is 43.2 Å². The number of methoxy groups -OCH3 is 1. The summed E-state index contributed by atoms with van der Waals surface area (Å²) < 4.78 is 5.29. The van der Waals surface area contributed by atoms with E-state index in [0.29, 0.717) is 23.0 Å². The molecular formula is C29H32ClN5O3. The van der Waals surface area contributed by atoms with E-state index in [4.69, 9.17) is 16.3 Å². The Kier molecular flexibility index (Phi) is 7.42. The SMILES string of the molecule is COc1ccc([C@@H]2CN(c3ccc(C4(NC(C)=O)CC4)cc3)CC[C@H]2NC(=O)Nc2ccc(Cl)cc2)nc1. The summed E-state index contributed by atoms with van der Waals surface area (Å²) in [5, 5.41) is 9.78. The van der Waals surface area contributed by atoms with Gasteiger partial charge >= 0.3 is 6.03 Å². The van der Waals surface area contributed by atoms with E-state index < -0.39 is 0 Å². The summed E-state index contributed by atoms with van der Waals surface area (Å²) in [6, 6.07) is 19.0. The van der Waals surface area contributed by atoms with Crippen molar-refractivity contribution in [1.29, 1.82) is 0 Å². The van der Waals surface area contributed by atoms with Crippen LogP contribution in [0, 0.1) is 0 Å². The van der Waals surface area contributed by atoms with Gasteiger partial charge in [0, 0.05) is 54.1 Å². The molecule has 5 rings (SSSR count). The van der Waals surface area contributed by atoms with Gasteiger partial charge in [0.15, 0.2) is 0 Å². The summed E-state index contributed by atoms with van der Waals surface area (Å²) in [6.07, 6.45) is 4.40. The van der Waals surface area contributed by atoms with Crippen LogP contribution in [0.5, 0.6) is 5.75 Å². The van der Waals surface area contributed by atoms with Gasteiger partial charge in [-0.3, -0.25) is 9.78 Å². The molecule has 0 bridgehead atoms. The van der Waals surface area contributed by atoms with Crippen molar-refractivity contribution in [3.05, 3.63) is 83.1 Å². The fraction of sp³-hybridized carbons (Fsp3) is 0.345. The molecule has 0 spiro atoms. The third-order valence-corrected chi connectivity index (χ3v) is 7.61. The first-order valence-electron chi connectivity index (χ1n) is 12.8. The largest absolute Gasteiger partial charge is 0.495 e. The van der Waals surface area contributed by atoms with E-state index in [9.17, 15) is 9.59 Å². The maximum atomic E-state index is 12.9. The Morgan fingerprint density at radius 3 is 2.39 bits per heavy atom. The van der Waals surface area contributed by atoms with Crippen molar-refractivity contribution in [2.45, 2.75) is 43.7 Å². The van der Waals surface area contributed by atoms with E-state index >= 15 is 0 Å². The molecule has 1 aliphatic carbocycles. The average molecular weight is 534 g/mol. The molecule has 9 heteroatoms. The second-order valence-electron chi connectivity index (χ2n) is 9.99. The number of carbonyl (C=O) groups is 2. The third kappa shape index (κ3) is 5.86. The van der Waals surface area contributed by atoms with E-state index in [0.717, 1.165) is 42.8 Å². The summed E-state index contributed by atoms with van der Waals surface area (Å²) in [6.45, 7) is 3.05. The van der Waals surface area contributed by atoms with Gasteiger partial charge in [-0.15, -0.1) is 0 Å². The number of carbonyl (C=O) groups excluding carboxylic acids is 2. The van der Waals surface area contributed by atoms with E-state index in [1.807, 2.05) is 12.1 Å². The van der Waals surface area contributed by atoms with Crippen LogP contribution < -0.4 is 25.6 Å². The highest BCUT2D eigenvalue weighted by molar-refractivity contribution is 6.30. The molecule has 1 aliphatic heterocycles. The molecular weight excluding hydrogens is 502 g/mol. The molecule has 0 radical (unpaired) electrons. The molecule has 38 heavy (non-hydrogen) atoms. The summed E-state index contributed by atoms with van der Waals surface area (Å²) in [5.41, 5.74) is 3.60. The summed E-state index contributed by atoms with van der Waals surface area (Å²) >= 11 is 5.96. The zero-order valence-electron chi connectivity index (χ0n) is 21.5. The first-order valence-corrected chi connectivity index (χ1v) is 13.2. The van der Waals surface area contributed by atoms with Gasteiger partial charge in [-0.2, -0.15) is 0 Å². The summed E-state index contributed by atoms with van der Waals surface area (Å²) in [4.78, 5) is 31.5. The molecule has 2 fully saturated rings. The van der Waals surface area contributed by atoms with E-state index in [1.165, 1.54) is 0 Å². The van der Waals surface area contributed by atoms with E-state index in [-0.39, 0.29) is 29.4 Å². The van der Waals surface area contributed by atoms with Crippen molar-refractivity contribution in [1.82, 2.24) is 15.6 Å². The lowest BCUT2D eigenvalue weighted by Crippen LogP contribution is -2.51. The van der Waals surface area contributed by atoms with Crippen LogP contribution in [-0.2, 0) is 10.3 Å². The minimum absolute atomic E-state index is 0.00363. The van der Waals surface area contributed by atoms with Gasteiger partial charge in [-0.25, -0.2) is 4.79 Å². The molecule has 1 saturated carbocycles. The fourth-order valence-corrected chi connectivity index (χ4v) is 5.32. The number of nitrogens with one attached hydrogen (secondary N) is 3. The number of amides is 3. The van der Waals surface area contributed by atoms with Gasteiger partial charge in [-0.1, -0.05) is 23.7 Å². The Morgan fingerprint density at radius 2 is 1.79 bits per heavy atom. The number of hydrogen-bond donors (Lipinski definition) is 3. The lowest BCUT2D eigenvalue weighted by atomic mass is 9.88. The predicted octanol–water partition coefficient (Wildman–Crippen LogP) is 5.05. The first kappa shape index (κ1) is 25.9. The lowest BCUT2D eigenvalue weighted by Gasteiger charge is -2.40. The number of anilines is 2. The number of piperidine rings is 1. The Hall–Kier alpha value is -3.78. The normalized spacial score (nSPS) is 19.8. The highest BCUT2D eigenvalue weighted by Crippen LogP contribution is 2.46. The lowest BCUT2D eigenvalue weighted by molar-refractivity contribution is -0.120. The van der Waals surface area contributed by atoms with Crippen LogP contribution in [0.4, 0.5) is 16.2 Å². The van der Waals surface area contributed by atoms with Gasteiger partial charge in [0.2, 0.25) is 5.91 Å². The smallest absolute Gasteiger partial charge is 0.319 e. The average Bonchev–Trinajstić information content (AvgIpc) is 3.70. The molecule has 198 valence electrons. The number of benzene rings is 2. The molecule has 2 aromatic carbocycles. The number of ether oxygens (including phenoxy) is 1. The quantitative estimate of drug-likeness (QED) is 0.395. The van der Waals surface area contributed by atoms with Gasteiger partial charge in [0.25, 0.3) is 0 Å². The summed E-state index contributed by atoms with van der Waals surface area (Å²) in [7, 11) is 1.62. The maximum absolute atomic E-state index is 12.9. The third-order valence-electron chi connectivity index (χ3n) is 7.36. The van der Waals surface area contributed by atoms with E-state index in [1.54, 1.807) is 44.5 Å². The van der Waals surface area contributed by atoms with Gasteiger partial charge in [-0.05, 0) is 73.4 Å². The topological polar surface area (TPSA) is 95.6 Å². The molecule has 2 atom stereocenters. The molecule has 3 N–H and O–H groups in total. The fourth-order valence-electron chi connectivity index (χ4n) is 5.20. The second-order valence-corrected chi connectivity index (χ2v) is 10.4. The summed E-state index contributed by atoms with van der Waals surface area (Å²) in [5.74, 6) is 0.658. The molecule has 3 aromatic rings. The Balaban J connectivity index is 1.32. The van der Waals surface area contributed by atoms with Gasteiger partial charge in [0.1, 0.15) is 5.75 Å². The number of nitrogens with zero attached hydrogens (tertiary/aromatic N) is 2. The van der Waals surface area contributed by atoms with Gasteiger partial charge in [0.05, 0.1) is 18.8 Å². The molecule has 1 saturated heterocycles. The minimum Gasteiger partial charge on any atom is -0.495 e. The van der Waals surface area contributed by atoms with Gasteiger partial charge < -0.3 is 25.6 Å². The number of aromatic nitrogens is 1. The highest BCUT2D eigenvalue weighted by Gasteiger charge is 2.45. The molecule has 1 aromatic heterocycles. The van der Waals surface area contributed by atoms with Crippen LogP contribution in [0.3, 0.4) is 0 Å². The minimum atomic E-state index is -0.263. The first-order chi connectivity index (χ1) is 18.3. The highest BCUT2D eigenvalue weighted by atomic mass is 35.5. The van der Waals surface area contributed by atoms with Crippen molar-refractivity contribution in [3.8, 4) is 5.75 Å². The molecule has 2 heterocycles. The monoisotopic (exact) mass is 533 g/mol. The van der Waals surface area contributed by atoms with E-state index in [2.05, 4.69) is 50.1 Å². The number of pyridine rings is 1. The van der Waals surface area contributed by atoms with Crippen molar-refractivity contribution >= 4 is 34.9 Å². The zero-order valence-corrected chi connectivity index (χ0v) is 22.3. The number of hydrogen-bond acceptors (Lipinski definition) is 5. The standard InChI is InChI=1S/C29H32ClN5O3/c1-19(36)34-29(14-15-29)20-3-9-23(10-4-20)35-16-13-27(25(18-35)26-12-11-24(38-2)17-31-26)33-28(37)32-22-7-5-21(30)6-8-22/h3-12,17,25,27H,13-16,18H2,1-2H3,(H,34,36)(H2,32,33,37)/t25-,27+/m0/s1. The zero-order chi connectivity index (χ0) is 26.7. The van der Waals surface area contributed by atoms with Crippen molar-refractivity contribution in [2.75, 3.05) is 30.4 Å². The molecule has 2 aliphatic rings. The number of halogens is 1. The second kappa shape index (κ2) is 10.9. The predicted molar refractivity (Wildman–Crippen MR) is 149 cm³/mol. The van der Waals surface area contributed by atoms with Crippen LogP contribution in [0.25, 0.3) is 0 Å². The van der Waals surface area contributed by atoms with Crippen molar-refractivity contribution < 1.29 is 14.3 Å². The Bertz CT molecular complexity index is 1280. The van der Waals surface area contributed by atoms with Crippen LogP contribution in [0.1, 0.15) is 43.4 Å². The van der Waals surface area contributed by atoms with Crippen molar-refractivity contribution in [2.24, 2.45) is 0 Å². The van der Waals surface area contributed by atoms with Crippen LogP contribution in [0.15, 0.2) is 66.9 Å². The number of urea groups is 1. The Labute approximate surface area is 227 Å². The van der Waals surface area contributed by atoms with Crippen molar-refractivity contribution in [3.63, 3.8) is 0 Å². The maximum Gasteiger partial charge on any atom is 0.319 e. The Morgan fingerprint density at radius 1 is 1.05 bits per heavy atom. The molecule has 8 nitrogen and oxygen atoms in total. The molecule has 0 unspecified atom stereocenters. The van der Waals surface area contributed by atoms with Crippen LogP contribution >= 0.6 is 11.6 Å². The molecule has 3 amide bonds.